The Morgan fingerprint density at radius 3 is 2.81 bits per heavy atom. The number of alkyl halides is 3. The van der Waals surface area contributed by atoms with Gasteiger partial charge in [-0.15, -0.1) is 0 Å². The third-order valence-electron chi connectivity index (χ3n) is 4.87. The summed E-state index contributed by atoms with van der Waals surface area (Å²) in [6, 6.07) is 13.9. The first-order chi connectivity index (χ1) is 15.3. The van der Waals surface area contributed by atoms with Crippen LogP contribution in [0.4, 0.5) is 19.0 Å². The first-order valence-electron chi connectivity index (χ1n) is 9.70. The fourth-order valence-corrected chi connectivity index (χ4v) is 3.32. The van der Waals surface area contributed by atoms with Crippen molar-refractivity contribution >= 4 is 17.4 Å². The van der Waals surface area contributed by atoms with E-state index in [2.05, 4.69) is 15.6 Å². The topological polar surface area (TPSA) is 77.7 Å². The van der Waals surface area contributed by atoms with E-state index in [1.807, 2.05) is 18.2 Å². The zero-order chi connectivity index (χ0) is 22.7. The Morgan fingerprint density at radius 2 is 2.03 bits per heavy atom. The molecule has 1 aromatic heterocycles. The first-order valence-corrected chi connectivity index (χ1v) is 9.70. The number of oxime groups is 1. The highest BCUT2D eigenvalue weighted by Crippen LogP contribution is 2.30. The van der Waals surface area contributed by atoms with E-state index in [1.165, 1.54) is 10.7 Å². The Balaban J connectivity index is 1.37. The average Bonchev–Trinajstić information content (AvgIpc) is 3.43. The fraction of sp³-hybridized carbons (Fsp3) is 0.227. The van der Waals surface area contributed by atoms with Gasteiger partial charge >= 0.3 is 6.18 Å². The van der Waals surface area contributed by atoms with Crippen molar-refractivity contribution in [1.82, 2.24) is 9.78 Å². The molecule has 3 aromatic rings. The van der Waals surface area contributed by atoms with Gasteiger partial charge in [-0.05, 0) is 29.8 Å². The van der Waals surface area contributed by atoms with Gasteiger partial charge in [-0.2, -0.15) is 18.3 Å². The molecule has 1 unspecified atom stereocenters. The summed E-state index contributed by atoms with van der Waals surface area (Å²) in [5.41, 5.74) is 1.06. The number of hydrogen-bond donors (Lipinski definition) is 1. The normalized spacial score (nSPS) is 15.8. The van der Waals surface area contributed by atoms with Crippen LogP contribution in [0.15, 0.2) is 65.9 Å². The highest BCUT2D eigenvalue weighted by atomic mass is 19.4. The molecule has 0 fully saturated rings. The number of methoxy groups -OCH3 is 1. The van der Waals surface area contributed by atoms with E-state index in [4.69, 9.17) is 9.57 Å². The van der Waals surface area contributed by atoms with Crippen LogP contribution in [0.1, 0.15) is 23.1 Å². The van der Waals surface area contributed by atoms with Crippen LogP contribution in [0.3, 0.4) is 0 Å². The van der Waals surface area contributed by atoms with Crippen molar-refractivity contribution < 1.29 is 27.5 Å². The Hall–Kier alpha value is -3.82. The Labute approximate surface area is 181 Å². The number of aromatic nitrogens is 2. The van der Waals surface area contributed by atoms with Gasteiger partial charge in [-0.1, -0.05) is 29.4 Å². The largest absolute Gasteiger partial charge is 0.496 e. The van der Waals surface area contributed by atoms with Gasteiger partial charge in [0, 0.05) is 24.2 Å². The molecule has 2 aromatic carbocycles. The second kappa shape index (κ2) is 8.74. The van der Waals surface area contributed by atoms with Crippen LogP contribution in [0.2, 0.25) is 0 Å². The van der Waals surface area contributed by atoms with Gasteiger partial charge in [-0.3, -0.25) is 9.48 Å². The minimum absolute atomic E-state index is 0.126. The number of ether oxygens (including phenoxy) is 1. The molecule has 0 bridgehead atoms. The van der Waals surface area contributed by atoms with Gasteiger partial charge in [0.15, 0.2) is 5.82 Å². The fourth-order valence-electron chi connectivity index (χ4n) is 3.32. The molecule has 4 rings (SSSR count). The molecule has 2 heterocycles. The number of amides is 1. The van der Waals surface area contributed by atoms with Crippen LogP contribution in [0.25, 0.3) is 0 Å². The molecular formula is C22H19F3N4O3. The van der Waals surface area contributed by atoms with Crippen molar-refractivity contribution in [3.63, 3.8) is 0 Å². The molecule has 0 radical (unpaired) electrons. The highest BCUT2D eigenvalue weighted by molar-refractivity contribution is 6.07. The molecule has 32 heavy (non-hydrogen) atoms. The number of carbonyl (C=O) groups excluding carboxylic acids is 1. The average molecular weight is 444 g/mol. The van der Waals surface area contributed by atoms with E-state index in [0.29, 0.717) is 17.0 Å². The highest BCUT2D eigenvalue weighted by Gasteiger charge is 2.31. The molecule has 1 aliphatic rings. The maximum absolute atomic E-state index is 12.9. The number of hydrogen-bond acceptors (Lipinski definition) is 5. The number of benzene rings is 2. The van der Waals surface area contributed by atoms with E-state index < -0.39 is 23.8 Å². The Morgan fingerprint density at radius 1 is 1.22 bits per heavy atom. The molecule has 1 aliphatic heterocycles. The van der Waals surface area contributed by atoms with Crippen LogP contribution in [0.5, 0.6) is 5.75 Å². The van der Waals surface area contributed by atoms with Crippen molar-refractivity contribution in [2.24, 2.45) is 5.16 Å². The van der Waals surface area contributed by atoms with Gasteiger partial charge in [-0.25, -0.2) is 0 Å². The maximum atomic E-state index is 12.9. The van der Waals surface area contributed by atoms with Gasteiger partial charge in [0.25, 0.3) is 5.91 Å². The number of para-hydroxylation sites is 1. The summed E-state index contributed by atoms with van der Waals surface area (Å²) in [7, 11) is 1.55. The van der Waals surface area contributed by atoms with Crippen LogP contribution in [-0.2, 0) is 22.4 Å². The summed E-state index contributed by atoms with van der Waals surface area (Å²) < 4.78 is 45.4. The summed E-state index contributed by atoms with van der Waals surface area (Å²) in [4.78, 5) is 17.8. The van der Waals surface area contributed by atoms with Gasteiger partial charge in [0.05, 0.1) is 24.9 Å². The van der Waals surface area contributed by atoms with E-state index in [9.17, 15) is 18.0 Å². The lowest BCUT2D eigenvalue weighted by molar-refractivity contribution is -0.137. The SMILES string of the molecule is COc1ccccc1C1=NOC(C(=O)Nc2ccn(Cc3cccc(C(F)(F)F)c3)n2)C1. The molecule has 1 N–H and O–H groups in total. The van der Waals surface area contributed by atoms with Crippen molar-refractivity contribution in [3.05, 3.63) is 77.5 Å². The first kappa shape index (κ1) is 21.4. The minimum Gasteiger partial charge on any atom is -0.496 e. The minimum atomic E-state index is -4.41. The Kier molecular flexibility index (Phi) is 5.85. The molecular weight excluding hydrogens is 425 g/mol. The molecule has 10 heteroatoms. The third-order valence-corrected chi connectivity index (χ3v) is 4.87. The molecule has 0 aliphatic carbocycles. The lowest BCUT2D eigenvalue weighted by Crippen LogP contribution is -2.28. The smallest absolute Gasteiger partial charge is 0.416 e. The van der Waals surface area contributed by atoms with E-state index >= 15 is 0 Å². The number of nitrogens with one attached hydrogen (secondary N) is 1. The second-order valence-corrected chi connectivity index (χ2v) is 7.12. The number of rotatable bonds is 6. The Bertz CT molecular complexity index is 1160. The molecule has 166 valence electrons. The van der Waals surface area contributed by atoms with Crippen LogP contribution < -0.4 is 10.1 Å². The zero-order valence-corrected chi connectivity index (χ0v) is 17.0. The van der Waals surface area contributed by atoms with Crippen LogP contribution in [-0.4, -0.2) is 34.6 Å². The quantitative estimate of drug-likeness (QED) is 0.621. The summed E-state index contributed by atoms with van der Waals surface area (Å²) in [5.74, 6) is 0.462. The van der Waals surface area contributed by atoms with Crippen LogP contribution in [0, 0.1) is 0 Å². The van der Waals surface area contributed by atoms with Crippen LogP contribution >= 0.6 is 0 Å². The predicted octanol–water partition coefficient (Wildman–Crippen LogP) is 4.09. The monoisotopic (exact) mass is 444 g/mol. The van der Waals surface area contributed by atoms with Gasteiger partial charge in [0.1, 0.15) is 5.75 Å². The summed E-state index contributed by atoms with van der Waals surface area (Å²) in [6.45, 7) is 0.126. The lowest BCUT2D eigenvalue weighted by Gasteiger charge is -2.09. The number of nitrogens with zero attached hydrogens (tertiary/aromatic N) is 3. The maximum Gasteiger partial charge on any atom is 0.416 e. The zero-order valence-electron chi connectivity index (χ0n) is 17.0. The molecule has 7 nitrogen and oxygen atoms in total. The van der Waals surface area contributed by atoms with Gasteiger partial charge in [0.2, 0.25) is 6.10 Å². The molecule has 0 saturated heterocycles. The van der Waals surface area contributed by atoms with Crippen molar-refractivity contribution in [1.29, 1.82) is 0 Å². The number of anilines is 1. The number of carbonyl (C=O) groups is 1. The van der Waals surface area contributed by atoms with Crippen molar-refractivity contribution in [3.8, 4) is 5.75 Å². The number of halogens is 3. The van der Waals surface area contributed by atoms with Gasteiger partial charge < -0.3 is 14.9 Å². The third kappa shape index (κ3) is 4.74. The van der Waals surface area contributed by atoms with Crippen molar-refractivity contribution in [2.75, 3.05) is 12.4 Å². The molecule has 0 saturated carbocycles. The molecule has 1 amide bonds. The summed E-state index contributed by atoms with van der Waals surface area (Å²) in [5, 5.41) is 10.9. The lowest BCUT2D eigenvalue weighted by atomic mass is 10.0. The predicted molar refractivity (Wildman–Crippen MR) is 110 cm³/mol. The van der Waals surface area contributed by atoms with E-state index in [0.717, 1.165) is 17.7 Å². The molecule has 0 spiro atoms. The second-order valence-electron chi connectivity index (χ2n) is 7.12. The van der Waals surface area contributed by atoms with Crippen molar-refractivity contribution in [2.45, 2.75) is 25.2 Å². The standard InChI is InChI=1S/C22H19F3N4O3/c1-31-18-8-3-2-7-16(18)17-12-19(32-28-17)21(30)26-20-9-10-29(27-20)13-14-5-4-6-15(11-14)22(23,24)25/h2-11,19H,12-13H2,1H3,(H,26,27,30). The van der Waals surface area contributed by atoms with E-state index in [1.54, 1.807) is 31.5 Å². The summed E-state index contributed by atoms with van der Waals surface area (Å²) in [6.07, 6.45) is -3.41. The van der Waals surface area contributed by atoms with E-state index in [-0.39, 0.29) is 18.8 Å². The molecule has 1 atom stereocenters. The summed E-state index contributed by atoms with van der Waals surface area (Å²) >= 11 is 0.